The molecule has 0 aliphatic carbocycles. The molecule has 2 radical (unpaired) electrons. The number of aromatic carboxylic acids is 1. The van der Waals surface area contributed by atoms with Crippen molar-refractivity contribution in [1.82, 2.24) is 53.8 Å². The zero-order chi connectivity index (χ0) is 53.4. The Labute approximate surface area is 456 Å². The summed E-state index contributed by atoms with van der Waals surface area (Å²) in [5.41, 5.74) is 0.498. The molecule has 1 amide bonds. The molecule has 390 valence electrons. The van der Waals surface area contributed by atoms with Crippen LogP contribution in [0.4, 0.5) is 26.3 Å². The van der Waals surface area contributed by atoms with Crippen LogP contribution in [0.2, 0.25) is 10.3 Å². The van der Waals surface area contributed by atoms with Crippen molar-refractivity contribution in [1.29, 1.82) is 1.34 Å². The molecule has 6 rings (SSSR count). The van der Waals surface area contributed by atoms with E-state index in [4.69, 9.17) is 45.6 Å². The van der Waals surface area contributed by atoms with Crippen LogP contribution in [-0.4, -0.2) is 123 Å². The number of sulfonamides is 2. The van der Waals surface area contributed by atoms with Gasteiger partial charge >= 0.3 is 18.3 Å². The Kier molecular flexibility index (Phi) is 26.6. The molecule has 0 fully saturated rings. The molecule has 21 nitrogen and oxygen atoms in total. The fourth-order valence-electron chi connectivity index (χ4n) is 4.73. The van der Waals surface area contributed by atoms with E-state index in [1.165, 1.54) is 80.6 Å². The first kappa shape index (κ1) is 64.6. The first-order valence-electron chi connectivity index (χ1n) is 19.3. The first-order valence-corrected chi connectivity index (χ1v) is 23.3. The molecule has 0 aliphatic rings. The van der Waals surface area contributed by atoms with Crippen LogP contribution in [0.1, 0.15) is 61.2 Å². The second kappa shape index (κ2) is 29.3. The van der Waals surface area contributed by atoms with Gasteiger partial charge < -0.3 is 14.6 Å². The summed E-state index contributed by atoms with van der Waals surface area (Å²) in [4.78, 5) is 31.5. The van der Waals surface area contributed by atoms with E-state index in [0.29, 0.717) is 16.3 Å². The predicted octanol–water partition coefficient (Wildman–Crippen LogP) is 6.41. The van der Waals surface area contributed by atoms with Crippen LogP contribution in [0.3, 0.4) is 0 Å². The minimum absolute atomic E-state index is 0. The first-order chi connectivity index (χ1) is 32.5. The minimum atomic E-state index is -4.35. The Morgan fingerprint density at radius 3 is 1.48 bits per heavy atom. The van der Waals surface area contributed by atoms with E-state index >= 15 is 0 Å². The standard InChI is InChI=1S/C17H16ClF3N6O4S.C12H9ClF3N3O3.C5H9N3O2S.CH3I.2CH4.BH.U/c1-10-12(9-22-26(10)2)32(29,30)25-16(28)11-3-4-13(23-15(11)18)27-7-5-14(24-27)31-8-6-17(19,20)21;13-10-7(11(20)21)1-2-8(17-10)19-5-3-9(18-19)22-6-4-12(14,15)16;1-4-5(11(6,9)10)3-7-8(4)2;1-2;;;;/h3-5,7,9H,6,8H2,1-2H3,(H,25,28);1-3,5H,4,6H2,(H,20,21);3H,1-2H3,(H2,6,9,10);1H3;2*1H4;1H;/i;;;1D;;;1D;. The zero-order valence-corrected chi connectivity index (χ0v) is 45.3. The summed E-state index contributed by atoms with van der Waals surface area (Å²) in [6, 6.07) is 7.86. The Morgan fingerprint density at radius 1 is 0.789 bits per heavy atom. The van der Waals surface area contributed by atoms with Crippen molar-refractivity contribution in [2.75, 3.05) is 18.1 Å². The number of aromatic nitrogens is 10. The molecule has 6 aromatic heterocycles. The van der Waals surface area contributed by atoms with Crippen LogP contribution in [0.25, 0.3) is 11.6 Å². The quantitative estimate of drug-likeness (QED) is 0.0370. The van der Waals surface area contributed by atoms with Crippen molar-refractivity contribution in [3.05, 3.63) is 94.0 Å². The molecule has 0 saturated carbocycles. The van der Waals surface area contributed by atoms with E-state index in [0.717, 1.165) is 6.20 Å². The SMILES string of the molecule is C.C.Cc1c(S(=O)(=O)NC(=O)c2ccc(-n3ccc(OCCC(F)(F)F)n3)nc2Cl)cnn1C.Cc1c(S(N)(=O)=O)cnn1C.O=C(O)c1ccc(-n2ccc(OCCC(F)(F)F)n2)nc1Cl.[2H]CI.[2H][B].[U]. The topological polar surface area (TPSA) is 276 Å². The van der Waals surface area contributed by atoms with Crippen molar-refractivity contribution in [3.63, 3.8) is 0 Å². The summed E-state index contributed by atoms with van der Waals surface area (Å²) in [5, 5.41) is 28.6. The van der Waals surface area contributed by atoms with E-state index in [-0.39, 0.29) is 101 Å². The number of rotatable bonds is 13. The number of nitrogens with zero attached hydrogens (tertiary/aromatic N) is 10. The van der Waals surface area contributed by atoms with Crippen molar-refractivity contribution in [2.45, 2.75) is 63.7 Å². The van der Waals surface area contributed by atoms with Gasteiger partial charge in [0.05, 0.1) is 61.0 Å². The number of aryl methyl sites for hydroxylation is 2. The fourth-order valence-corrected chi connectivity index (χ4v) is 7.11. The summed E-state index contributed by atoms with van der Waals surface area (Å²) in [6.07, 6.45) is -5.74. The van der Waals surface area contributed by atoms with E-state index in [2.05, 4.69) is 38.7 Å². The summed E-state index contributed by atoms with van der Waals surface area (Å²) in [6.45, 7) is 2.03. The van der Waals surface area contributed by atoms with Crippen molar-refractivity contribution in [3.8, 4) is 23.4 Å². The largest absolute Gasteiger partial charge is 0.478 e. The number of ether oxygens (including phenoxy) is 2. The molecule has 0 aromatic carbocycles. The molecule has 6 heterocycles. The fraction of sp³-hybridized carbons (Fsp3) is 0.351. The predicted molar refractivity (Wildman–Crippen MR) is 255 cm³/mol. The number of alkyl halides is 7. The number of halogens is 9. The van der Waals surface area contributed by atoms with Gasteiger partial charge in [0, 0.05) is 79.5 Å². The number of hydrogen-bond acceptors (Lipinski definition) is 14. The van der Waals surface area contributed by atoms with Crippen LogP contribution in [0, 0.1) is 45.0 Å². The van der Waals surface area contributed by atoms with E-state index in [1.54, 1.807) is 21.0 Å². The van der Waals surface area contributed by atoms with Gasteiger partial charge in [-0.25, -0.2) is 50.8 Å². The third-order valence-electron chi connectivity index (χ3n) is 8.22. The average Bonchev–Trinajstić information content (AvgIpc) is 4.07. The van der Waals surface area contributed by atoms with Crippen LogP contribution in [0.15, 0.2) is 71.0 Å². The number of carbonyl (C=O) groups is 2. The molecule has 4 N–H and O–H groups in total. The van der Waals surface area contributed by atoms with Crippen molar-refractivity contribution < 1.29 is 99.8 Å². The summed E-state index contributed by atoms with van der Waals surface area (Å²) >= 11 is 13.7. The zero-order valence-electron chi connectivity index (χ0n) is 37.9. The third kappa shape index (κ3) is 20.9. The maximum Gasteiger partial charge on any atom is 0.392 e. The monoisotopic (exact) mass is 1430 g/mol. The van der Waals surface area contributed by atoms with Crippen molar-refractivity contribution >= 4 is 86.1 Å². The van der Waals surface area contributed by atoms with Crippen LogP contribution >= 0.6 is 45.8 Å². The summed E-state index contributed by atoms with van der Waals surface area (Å²) in [7, 11) is -0.832. The number of nitrogens with two attached hydrogens (primary N) is 1. The van der Waals surface area contributed by atoms with Gasteiger partial charge in [-0.3, -0.25) is 14.2 Å². The van der Waals surface area contributed by atoms with Crippen molar-refractivity contribution in [2.24, 2.45) is 19.2 Å². The number of pyridine rings is 2. The molecule has 6 aromatic rings. The van der Waals surface area contributed by atoms with Gasteiger partial charge in [0.2, 0.25) is 21.8 Å². The van der Waals surface area contributed by atoms with Gasteiger partial charge in [-0.15, -0.1) is 10.2 Å². The number of amides is 1. The maximum atomic E-state index is 12.5. The second-order valence-electron chi connectivity index (χ2n) is 12.9. The maximum absolute atomic E-state index is 12.5. The van der Waals surface area contributed by atoms with E-state index in [9.17, 15) is 52.8 Å². The second-order valence-corrected chi connectivity index (χ2v) is 16.8. The minimum Gasteiger partial charge on any atom is -0.478 e. The number of carboxylic acids is 1. The Balaban J connectivity index is 0. The molecular weight excluding hydrogens is 1380 g/mol. The Hall–Kier alpha value is -4.45. The molecule has 71 heavy (non-hydrogen) atoms. The number of primary sulfonamides is 1. The van der Waals surface area contributed by atoms with Gasteiger partial charge in [0.1, 0.15) is 20.1 Å². The van der Waals surface area contributed by atoms with Gasteiger partial charge in [-0.1, -0.05) is 60.6 Å². The molecule has 0 unspecified atom stereocenters. The number of nitrogens with one attached hydrogen (secondary N) is 1. The normalized spacial score (nSPS) is 11.2. The van der Waals surface area contributed by atoms with Gasteiger partial charge in [-0.2, -0.15) is 36.5 Å². The van der Waals surface area contributed by atoms with Crippen LogP contribution < -0.4 is 19.3 Å². The van der Waals surface area contributed by atoms with Gasteiger partial charge in [0.25, 0.3) is 15.9 Å². The van der Waals surface area contributed by atoms with E-state index in [1.807, 2.05) is 27.3 Å². The summed E-state index contributed by atoms with van der Waals surface area (Å²) < 4.78 is 147. The van der Waals surface area contributed by atoms with Gasteiger partial charge in [0.15, 0.2) is 11.6 Å². The third-order valence-corrected chi connectivity index (χ3v) is 11.2. The number of carbonyl (C=O) groups excluding carboxylic acids is 1. The Bertz CT molecular complexity index is 2940. The molecule has 0 spiro atoms. The molecule has 34 heteroatoms. The van der Waals surface area contributed by atoms with Crippen LogP contribution in [0.5, 0.6) is 11.8 Å². The summed E-state index contributed by atoms with van der Waals surface area (Å²) in [5.74, 6) is -1.96. The molecule has 0 aliphatic heterocycles. The molecular formula is C37H46BCl2F6IN12O9S2U. The van der Waals surface area contributed by atoms with Crippen LogP contribution in [-0.2, 0) is 34.1 Å². The molecule has 0 saturated heterocycles. The Morgan fingerprint density at radius 2 is 1.17 bits per heavy atom. The smallest absolute Gasteiger partial charge is 0.392 e. The molecule has 0 atom stereocenters. The van der Waals surface area contributed by atoms with Gasteiger partial charge in [-0.05, 0) is 44.4 Å². The number of hydrogen-bond donors (Lipinski definition) is 3. The average molecular weight is 1430 g/mol. The van der Waals surface area contributed by atoms with E-state index < -0.39 is 70.3 Å². The number of carboxylic acid groups (broad SMARTS) is 1. The molecule has 0 bridgehead atoms.